The zero-order valence-electron chi connectivity index (χ0n) is 11.6. The summed E-state index contributed by atoms with van der Waals surface area (Å²) in [6.07, 6.45) is 2.75. The van der Waals surface area contributed by atoms with Crippen LogP contribution in [0.5, 0.6) is 0 Å². The molecule has 6 heteroatoms. The molecule has 20 heavy (non-hydrogen) atoms. The highest BCUT2D eigenvalue weighted by Crippen LogP contribution is 2.23. The first-order valence-corrected chi connectivity index (χ1v) is 6.54. The van der Waals surface area contributed by atoms with Crippen molar-refractivity contribution in [3.05, 3.63) is 47.5 Å². The number of aryl methyl sites for hydroxylation is 1. The lowest BCUT2D eigenvalue weighted by Crippen LogP contribution is -2.37. The molecule has 2 rings (SSSR count). The van der Waals surface area contributed by atoms with Crippen LogP contribution < -0.4 is 5.73 Å². The van der Waals surface area contributed by atoms with E-state index in [0.717, 1.165) is 19.0 Å². The van der Waals surface area contributed by atoms with Crippen LogP contribution in [0.3, 0.4) is 0 Å². The van der Waals surface area contributed by atoms with Crippen molar-refractivity contribution >= 4 is 0 Å². The Kier molecular flexibility index (Phi) is 4.13. The highest BCUT2D eigenvalue weighted by Gasteiger charge is 2.25. The topological polar surface area (TPSA) is 56.7 Å². The van der Waals surface area contributed by atoms with Gasteiger partial charge in [0.05, 0.1) is 0 Å². The molecule has 0 spiro atoms. The van der Waals surface area contributed by atoms with Crippen LogP contribution in [0, 0.1) is 11.6 Å². The van der Waals surface area contributed by atoms with Gasteiger partial charge in [0.25, 0.3) is 0 Å². The van der Waals surface area contributed by atoms with E-state index in [0.29, 0.717) is 17.8 Å². The first-order valence-electron chi connectivity index (χ1n) is 6.54. The maximum atomic E-state index is 13.3. The Balaban J connectivity index is 2.27. The summed E-state index contributed by atoms with van der Waals surface area (Å²) in [5, 5.41) is 4.12. The number of nitrogens with zero attached hydrogens (tertiary/aromatic N) is 3. The molecule has 108 valence electrons. The Hall–Kier alpha value is -1.82. The van der Waals surface area contributed by atoms with Gasteiger partial charge in [-0.3, -0.25) is 4.68 Å². The fourth-order valence-electron chi connectivity index (χ4n) is 2.14. The van der Waals surface area contributed by atoms with Crippen molar-refractivity contribution < 1.29 is 8.78 Å². The number of benzene rings is 1. The monoisotopic (exact) mass is 280 g/mol. The van der Waals surface area contributed by atoms with Crippen LogP contribution in [-0.4, -0.2) is 14.8 Å². The Bertz CT molecular complexity index is 572. The number of hydrogen-bond donors (Lipinski definition) is 1. The molecule has 0 aliphatic rings. The van der Waals surface area contributed by atoms with E-state index in [-0.39, 0.29) is 0 Å². The third-order valence-electron chi connectivity index (χ3n) is 3.18. The summed E-state index contributed by atoms with van der Waals surface area (Å²) in [6, 6.07) is 3.34. The molecular weight excluding hydrogens is 262 g/mol. The minimum atomic E-state index is -0.915. The van der Waals surface area contributed by atoms with Crippen LogP contribution in [0.25, 0.3) is 0 Å². The standard InChI is InChI=1S/C14H18F2N4/c1-3-4-20-13(18-9-19-20)8-14(2,17)10-5-11(15)7-12(16)6-10/h5-7,9H,3-4,8,17H2,1-2H3. The fourth-order valence-corrected chi connectivity index (χ4v) is 2.14. The van der Waals surface area contributed by atoms with E-state index >= 15 is 0 Å². The van der Waals surface area contributed by atoms with Crippen molar-refractivity contribution in [1.82, 2.24) is 14.8 Å². The summed E-state index contributed by atoms with van der Waals surface area (Å²) in [5.74, 6) is -0.556. The maximum absolute atomic E-state index is 13.3. The lowest BCUT2D eigenvalue weighted by Gasteiger charge is -2.25. The van der Waals surface area contributed by atoms with Crippen molar-refractivity contribution in [3.8, 4) is 0 Å². The number of aromatic nitrogens is 3. The SMILES string of the molecule is CCCn1ncnc1CC(C)(N)c1cc(F)cc(F)c1. The number of nitrogens with two attached hydrogens (primary N) is 1. The predicted molar refractivity (Wildman–Crippen MR) is 71.9 cm³/mol. The fraction of sp³-hybridized carbons (Fsp3) is 0.429. The van der Waals surface area contributed by atoms with E-state index in [1.54, 1.807) is 11.6 Å². The van der Waals surface area contributed by atoms with E-state index in [2.05, 4.69) is 10.1 Å². The minimum Gasteiger partial charge on any atom is -0.321 e. The summed E-state index contributed by atoms with van der Waals surface area (Å²) in [6.45, 7) is 4.50. The molecule has 0 aliphatic carbocycles. The first kappa shape index (κ1) is 14.6. The molecule has 1 aromatic heterocycles. The van der Waals surface area contributed by atoms with Crippen molar-refractivity contribution in [2.75, 3.05) is 0 Å². The minimum absolute atomic E-state index is 0.357. The molecular formula is C14H18F2N4. The van der Waals surface area contributed by atoms with Crippen LogP contribution >= 0.6 is 0 Å². The van der Waals surface area contributed by atoms with Crippen LogP contribution in [0.1, 0.15) is 31.7 Å². The second-order valence-electron chi connectivity index (χ2n) is 5.15. The van der Waals surface area contributed by atoms with E-state index < -0.39 is 17.2 Å². The van der Waals surface area contributed by atoms with E-state index in [9.17, 15) is 8.78 Å². The highest BCUT2D eigenvalue weighted by atomic mass is 19.1. The molecule has 1 atom stereocenters. The summed E-state index contributed by atoms with van der Waals surface area (Å²) in [5.41, 5.74) is 5.71. The molecule has 0 saturated heterocycles. The Morgan fingerprint density at radius 3 is 2.50 bits per heavy atom. The van der Waals surface area contributed by atoms with Crippen molar-refractivity contribution in [3.63, 3.8) is 0 Å². The molecule has 2 aromatic rings. The molecule has 1 aromatic carbocycles. The molecule has 0 amide bonds. The first-order chi connectivity index (χ1) is 9.42. The van der Waals surface area contributed by atoms with Crippen LogP contribution in [0.15, 0.2) is 24.5 Å². The molecule has 4 nitrogen and oxygen atoms in total. The predicted octanol–water partition coefficient (Wildman–Crippen LogP) is 2.38. The normalized spacial score (nSPS) is 14.2. The summed E-state index contributed by atoms with van der Waals surface area (Å²) >= 11 is 0. The van der Waals surface area contributed by atoms with E-state index in [4.69, 9.17) is 5.73 Å². The highest BCUT2D eigenvalue weighted by molar-refractivity contribution is 5.26. The van der Waals surface area contributed by atoms with Gasteiger partial charge in [0.1, 0.15) is 23.8 Å². The van der Waals surface area contributed by atoms with Gasteiger partial charge in [-0.25, -0.2) is 13.8 Å². The molecule has 0 fully saturated rings. The van der Waals surface area contributed by atoms with Crippen LogP contribution in [0.2, 0.25) is 0 Å². The van der Waals surface area contributed by atoms with Gasteiger partial charge in [0.2, 0.25) is 0 Å². The quantitative estimate of drug-likeness (QED) is 0.915. The smallest absolute Gasteiger partial charge is 0.138 e. The van der Waals surface area contributed by atoms with Gasteiger partial charge < -0.3 is 5.73 Å². The summed E-state index contributed by atoms with van der Waals surface area (Å²) < 4.78 is 28.4. The maximum Gasteiger partial charge on any atom is 0.138 e. The van der Waals surface area contributed by atoms with Crippen LogP contribution in [0.4, 0.5) is 8.78 Å². The Labute approximate surface area is 116 Å². The second-order valence-corrected chi connectivity index (χ2v) is 5.15. The number of halogens is 2. The number of hydrogen-bond acceptors (Lipinski definition) is 3. The third kappa shape index (κ3) is 3.19. The zero-order valence-corrected chi connectivity index (χ0v) is 11.6. The molecule has 1 heterocycles. The zero-order chi connectivity index (χ0) is 14.8. The van der Waals surface area contributed by atoms with E-state index in [1.807, 2.05) is 6.92 Å². The summed E-state index contributed by atoms with van der Waals surface area (Å²) in [4.78, 5) is 4.17. The lowest BCUT2D eigenvalue weighted by atomic mass is 9.89. The van der Waals surface area contributed by atoms with Crippen molar-refractivity contribution in [2.24, 2.45) is 5.73 Å². The third-order valence-corrected chi connectivity index (χ3v) is 3.18. The second kappa shape index (κ2) is 5.66. The molecule has 0 aliphatic heterocycles. The summed E-state index contributed by atoms with van der Waals surface area (Å²) in [7, 11) is 0. The van der Waals surface area contributed by atoms with E-state index in [1.165, 1.54) is 18.5 Å². The van der Waals surface area contributed by atoms with Gasteiger partial charge in [0.15, 0.2) is 0 Å². The molecule has 0 radical (unpaired) electrons. The van der Waals surface area contributed by atoms with Crippen molar-refractivity contribution in [1.29, 1.82) is 0 Å². The molecule has 2 N–H and O–H groups in total. The Morgan fingerprint density at radius 2 is 1.90 bits per heavy atom. The van der Waals surface area contributed by atoms with Gasteiger partial charge >= 0.3 is 0 Å². The largest absolute Gasteiger partial charge is 0.321 e. The van der Waals surface area contributed by atoms with Gasteiger partial charge in [-0.1, -0.05) is 6.92 Å². The average molecular weight is 280 g/mol. The van der Waals surface area contributed by atoms with Crippen molar-refractivity contribution in [2.45, 2.75) is 38.8 Å². The Morgan fingerprint density at radius 1 is 1.25 bits per heavy atom. The molecule has 0 bridgehead atoms. The average Bonchev–Trinajstić information content (AvgIpc) is 2.75. The van der Waals surface area contributed by atoms with Gasteiger partial charge in [0, 0.05) is 24.6 Å². The van der Waals surface area contributed by atoms with Gasteiger partial charge in [-0.15, -0.1) is 0 Å². The number of rotatable bonds is 5. The van der Waals surface area contributed by atoms with Crippen LogP contribution in [-0.2, 0) is 18.5 Å². The molecule has 0 saturated carbocycles. The van der Waals surface area contributed by atoms with Gasteiger partial charge in [-0.05, 0) is 31.0 Å². The lowest BCUT2D eigenvalue weighted by molar-refractivity contribution is 0.444. The van der Waals surface area contributed by atoms with Gasteiger partial charge in [-0.2, -0.15) is 5.10 Å². The molecule has 1 unspecified atom stereocenters.